The highest BCUT2D eigenvalue weighted by atomic mass is 14.8. The molecule has 2 nitrogen and oxygen atoms in total. The SMILES string of the molecule is CCCCCCN=C(Cc1ccccc1)C(Cc1ccccc1)=NCCCCCC. The number of nitrogens with zero attached hydrogens (tertiary/aromatic N) is 2. The van der Waals surface area contributed by atoms with Crippen LogP contribution in [0.4, 0.5) is 0 Å². The van der Waals surface area contributed by atoms with Crippen LogP contribution in [0.2, 0.25) is 0 Å². The van der Waals surface area contributed by atoms with Crippen molar-refractivity contribution in [3.05, 3.63) is 71.8 Å². The Hall–Kier alpha value is -2.22. The van der Waals surface area contributed by atoms with Crippen LogP contribution in [-0.2, 0) is 12.8 Å². The average molecular weight is 405 g/mol. The van der Waals surface area contributed by atoms with Gasteiger partial charge in [0.2, 0.25) is 0 Å². The van der Waals surface area contributed by atoms with Crippen LogP contribution in [0.5, 0.6) is 0 Å². The summed E-state index contributed by atoms with van der Waals surface area (Å²) in [7, 11) is 0. The van der Waals surface area contributed by atoms with E-state index in [1.807, 2.05) is 0 Å². The maximum atomic E-state index is 5.09. The fourth-order valence-electron chi connectivity index (χ4n) is 3.58. The van der Waals surface area contributed by atoms with E-state index in [4.69, 9.17) is 9.98 Å². The third kappa shape index (κ3) is 10.0. The highest BCUT2D eigenvalue weighted by Gasteiger charge is 2.11. The van der Waals surface area contributed by atoms with Crippen molar-refractivity contribution in [2.24, 2.45) is 9.98 Å². The van der Waals surface area contributed by atoms with Gasteiger partial charge in [-0.2, -0.15) is 0 Å². The quantitative estimate of drug-likeness (QED) is 0.217. The zero-order valence-electron chi connectivity index (χ0n) is 19.2. The fourth-order valence-corrected chi connectivity index (χ4v) is 3.58. The minimum absolute atomic E-state index is 0.870. The highest BCUT2D eigenvalue weighted by Crippen LogP contribution is 2.10. The lowest BCUT2D eigenvalue weighted by Crippen LogP contribution is -2.21. The topological polar surface area (TPSA) is 24.7 Å². The molecule has 2 rings (SSSR count). The molecule has 0 fully saturated rings. The minimum atomic E-state index is 0.870. The van der Waals surface area contributed by atoms with Crippen LogP contribution in [0.25, 0.3) is 0 Å². The molecule has 162 valence electrons. The Bertz CT molecular complexity index is 666. The van der Waals surface area contributed by atoms with Gasteiger partial charge in [-0.15, -0.1) is 0 Å². The molecule has 0 radical (unpaired) electrons. The van der Waals surface area contributed by atoms with Gasteiger partial charge in [0.25, 0.3) is 0 Å². The lowest BCUT2D eigenvalue weighted by atomic mass is 9.99. The Morgan fingerprint density at radius 3 is 1.30 bits per heavy atom. The summed E-state index contributed by atoms with van der Waals surface area (Å²) in [6, 6.07) is 21.4. The number of rotatable bonds is 15. The largest absolute Gasteiger partial charge is 0.288 e. The summed E-state index contributed by atoms with van der Waals surface area (Å²) in [6.45, 7) is 6.33. The molecule has 0 aliphatic heterocycles. The number of hydrogen-bond donors (Lipinski definition) is 0. The van der Waals surface area contributed by atoms with E-state index >= 15 is 0 Å². The van der Waals surface area contributed by atoms with Crippen molar-refractivity contribution in [2.75, 3.05) is 13.1 Å². The fraction of sp³-hybridized carbons (Fsp3) is 0.500. The summed E-state index contributed by atoms with van der Waals surface area (Å²) >= 11 is 0. The van der Waals surface area contributed by atoms with Crippen molar-refractivity contribution in [1.82, 2.24) is 0 Å². The third-order valence-corrected chi connectivity index (χ3v) is 5.39. The van der Waals surface area contributed by atoms with Gasteiger partial charge in [-0.1, -0.05) is 113 Å². The van der Waals surface area contributed by atoms with E-state index < -0.39 is 0 Å². The molecule has 0 heterocycles. The van der Waals surface area contributed by atoms with Gasteiger partial charge in [-0.3, -0.25) is 9.98 Å². The van der Waals surface area contributed by atoms with E-state index in [9.17, 15) is 0 Å². The van der Waals surface area contributed by atoms with Crippen LogP contribution in [0.1, 0.15) is 76.3 Å². The van der Waals surface area contributed by atoms with Crippen molar-refractivity contribution in [3.8, 4) is 0 Å². The van der Waals surface area contributed by atoms with Crippen LogP contribution in [-0.4, -0.2) is 24.5 Å². The molecule has 0 saturated heterocycles. The predicted molar refractivity (Wildman–Crippen MR) is 133 cm³/mol. The van der Waals surface area contributed by atoms with Gasteiger partial charge in [0.05, 0.1) is 11.4 Å². The lowest BCUT2D eigenvalue weighted by molar-refractivity contribution is 0.673. The number of benzene rings is 2. The van der Waals surface area contributed by atoms with Crippen molar-refractivity contribution < 1.29 is 0 Å². The Labute approximate surface area is 184 Å². The molecule has 0 aliphatic rings. The van der Waals surface area contributed by atoms with Crippen LogP contribution in [0, 0.1) is 0 Å². The zero-order valence-corrected chi connectivity index (χ0v) is 19.2. The first-order valence-corrected chi connectivity index (χ1v) is 12.0. The summed E-state index contributed by atoms with van der Waals surface area (Å²) in [5.74, 6) is 0. The maximum Gasteiger partial charge on any atom is 0.0605 e. The Morgan fingerprint density at radius 1 is 0.533 bits per heavy atom. The average Bonchev–Trinajstić information content (AvgIpc) is 2.78. The molecule has 0 amide bonds. The van der Waals surface area contributed by atoms with Crippen molar-refractivity contribution >= 4 is 11.4 Å². The molecule has 0 unspecified atom stereocenters. The Morgan fingerprint density at radius 2 is 0.933 bits per heavy atom. The maximum absolute atomic E-state index is 5.09. The Balaban J connectivity index is 2.19. The second-order valence-corrected chi connectivity index (χ2v) is 8.10. The lowest BCUT2D eigenvalue weighted by Gasteiger charge is -2.12. The zero-order chi connectivity index (χ0) is 21.3. The van der Waals surface area contributed by atoms with Crippen LogP contribution < -0.4 is 0 Å². The second-order valence-electron chi connectivity index (χ2n) is 8.10. The molecule has 0 saturated carbocycles. The van der Waals surface area contributed by atoms with Gasteiger partial charge in [-0.05, 0) is 24.0 Å². The first-order valence-electron chi connectivity index (χ1n) is 12.0. The van der Waals surface area contributed by atoms with E-state index in [0.717, 1.165) is 25.9 Å². The second kappa shape index (κ2) is 15.6. The molecule has 0 aliphatic carbocycles. The van der Waals surface area contributed by atoms with Crippen molar-refractivity contribution in [2.45, 2.75) is 78.1 Å². The summed E-state index contributed by atoms with van der Waals surface area (Å²) in [4.78, 5) is 10.2. The molecule has 0 bridgehead atoms. The summed E-state index contributed by atoms with van der Waals surface area (Å²) < 4.78 is 0. The molecular formula is C28H40N2. The predicted octanol–water partition coefficient (Wildman–Crippen LogP) is 7.51. The van der Waals surface area contributed by atoms with Gasteiger partial charge in [0.15, 0.2) is 0 Å². The minimum Gasteiger partial charge on any atom is -0.288 e. The van der Waals surface area contributed by atoms with E-state index in [0.29, 0.717) is 0 Å². The van der Waals surface area contributed by atoms with E-state index in [1.54, 1.807) is 0 Å². The van der Waals surface area contributed by atoms with Crippen molar-refractivity contribution in [1.29, 1.82) is 0 Å². The van der Waals surface area contributed by atoms with Crippen molar-refractivity contribution in [3.63, 3.8) is 0 Å². The van der Waals surface area contributed by atoms with E-state index in [-0.39, 0.29) is 0 Å². The summed E-state index contributed by atoms with van der Waals surface area (Å²) in [5, 5.41) is 0. The highest BCUT2D eigenvalue weighted by molar-refractivity contribution is 6.43. The van der Waals surface area contributed by atoms with Gasteiger partial charge in [0.1, 0.15) is 0 Å². The van der Waals surface area contributed by atoms with E-state index in [1.165, 1.54) is 73.9 Å². The normalized spacial score (nSPS) is 12.3. The molecule has 0 N–H and O–H groups in total. The van der Waals surface area contributed by atoms with Gasteiger partial charge >= 0.3 is 0 Å². The van der Waals surface area contributed by atoms with Gasteiger partial charge < -0.3 is 0 Å². The molecule has 30 heavy (non-hydrogen) atoms. The van der Waals surface area contributed by atoms with Gasteiger partial charge in [-0.25, -0.2) is 0 Å². The molecular weight excluding hydrogens is 364 g/mol. The van der Waals surface area contributed by atoms with Gasteiger partial charge in [0, 0.05) is 25.9 Å². The summed E-state index contributed by atoms with van der Waals surface area (Å²) in [5.41, 5.74) is 4.99. The first kappa shape index (κ1) is 24.1. The Kier molecular flexibility index (Phi) is 12.5. The number of unbranched alkanes of at least 4 members (excludes halogenated alkanes) is 6. The van der Waals surface area contributed by atoms with E-state index in [2.05, 4.69) is 74.5 Å². The first-order chi connectivity index (χ1) is 14.8. The number of aliphatic imine (C=N–C) groups is 2. The molecule has 0 atom stereocenters. The molecule has 2 aromatic carbocycles. The third-order valence-electron chi connectivity index (χ3n) is 5.39. The molecule has 0 spiro atoms. The monoisotopic (exact) mass is 404 g/mol. The number of hydrogen-bond acceptors (Lipinski definition) is 2. The summed E-state index contributed by atoms with van der Waals surface area (Å²) in [6.07, 6.45) is 11.7. The van der Waals surface area contributed by atoms with Crippen LogP contribution in [0.3, 0.4) is 0 Å². The van der Waals surface area contributed by atoms with Crippen LogP contribution >= 0.6 is 0 Å². The van der Waals surface area contributed by atoms with Crippen LogP contribution in [0.15, 0.2) is 70.6 Å². The molecule has 0 aromatic heterocycles. The molecule has 2 heteroatoms. The smallest absolute Gasteiger partial charge is 0.0605 e. The standard InChI is InChI=1S/C28H40N2/c1-3-5-7-15-21-29-27(23-25-17-11-9-12-18-25)28(30-22-16-8-6-4-2)24-26-19-13-10-14-20-26/h9-14,17-20H,3-8,15-16,21-24H2,1-2H3. The molecule has 2 aromatic rings.